The van der Waals surface area contributed by atoms with Crippen LogP contribution in [0.3, 0.4) is 0 Å². The van der Waals surface area contributed by atoms with Gasteiger partial charge in [0.2, 0.25) is 16.1 Å². The van der Waals surface area contributed by atoms with Gasteiger partial charge in [-0.3, -0.25) is 0 Å². The normalized spacial score (nSPS) is 16.9. The highest BCUT2D eigenvalue weighted by molar-refractivity contribution is 7.89. The van der Waals surface area contributed by atoms with E-state index < -0.39 is 10.0 Å². The van der Waals surface area contributed by atoms with Gasteiger partial charge in [0, 0.05) is 13.1 Å². The molecule has 1 heterocycles. The van der Waals surface area contributed by atoms with Crippen molar-refractivity contribution in [3.63, 3.8) is 0 Å². The lowest BCUT2D eigenvalue weighted by Gasteiger charge is -2.26. The van der Waals surface area contributed by atoms with Gasteiger partial charge in [0.1, 0.15) is 0 Å². The summed E-state index contributed by atoms with van der Waals surface area (Å²) in [5.74, 6) is 0. The minimum atomic E-state index is -3.57. The topological polar surface area (TPSA) is 76.0 Å². The van der Waals surface area contributed by atoms with E-state index >= 15 is 0 Å². The van der Waals surface area contributed by atoms with Crippen LogP contribution in [0.5, 0.6) is 0 Å². The Kier molecular flexibility index (Phi) is 4.11. The van der Waals surface area contributed by atoms with Crippen LogP contribution in [0.1, 0.15) is 5.56 Å². The van der Waals surface area contributed by atoms with Gasteiger partial charge < -0.3 is 4.74 Å². The van der Waals surface area contributed by atoms with Gasteiger partial charge >= 0.3 is 0 Å². The van der Waals surface area contributed by atoms with Gasteiger partial charge in [-0.2, -0.15) is 9.30 Å². The van der Waals surface area contributed by atoms with Crippen molar-refractivity contribution in [2.24, 2.45) is 4.99 Å². The minimum absolute atomic E-state index is 0.172. The lowest BCUT2D eigenvalue weighted by atomic mass is 10.2. The molecule has 102 valence electrons. The van der Waals surface area contributed by atoms with E-state index in [4.69, 9.17) is 4.74 Å². The number of hydrogen-bond donors (Lipinski definition) is 0. The molecule has 0 aliphatic carbocycles. The Labute approximate surface area is 111 Å². The van der Waals surface area contributed by atoms with Gasteiger partial charge in [0.25, 0.3) is 0 Å². The molecule has 0 bridgehead atoms. The van der Waals surface area contributed by atoms with Crippen LogP contribution in [0.2, 0.25) is 0 Å². The molecule has 0 saturated carbocycles. The Balaban J connectivity index is 2.44. The number of carbonyl (C=O) groups excluding carboxylic acids is 1. The highest BCUT2D eigenvalue weighted by atomic mass is 32.2. The fourth-order valence-electron chi connectivity index (χ4n) is 1.91. The van der Waals surface area contributed by atoms with E-state index in [1.54, 1.807) is 19.1 Å². The smallest absolute Gasteiger partial charge is 0.243 e. The summed E-state index contributed by atoms with van der Waals surface area (Å²) in [4.78, 5) is 13.9. The van der Waals surface area contributed by atoms with E-state index in [1.165, 1.54) is 16.5 Å². The number of benzene rings is 1. The fraction of sp³-hybridized carbons (Fsp3) is 0.417. The van der Waals surface area contributed by atoms with Gasteiger partial charge in [0.15, 0.2) is 0 Å². The number of hydrogen-bond acceptors (Lipinski definition) is 5. The van der Waals surface area contributed by atoms with Crippen LogP contribution < -0.4 is 0 Å². The number of rotatable bonds is 3. The first kappa shape index (κ1) is 13.9. The zero-order valence-corrected chi connectivity index (χ0v) is 11.3. The molecule has 0 radical (unpaired) electrons. The zero-order chi connectivity index (χ0) is 13.9. The minimum Gasteiger partial charge on any atom is -0.379 e. The molecule has 0 atom stereocenters. The summed E-state index contributed by atoms with van der Waals surface area (Å²) in [5.41, 5.74) is 0.906. The van der Waals surface area contributed by atoms with Crippen LogP contribution in [-0.4, -0.2) is 45.1 Å². The quantitative estimate of drug-likeness (QED) is 0.612. The molecule has 1 aromatic carbocycles. The summed E-state index contributed by atoms with van der Waals surface area (Å²) in [6, 6.07) is 4.60. The van der Waals surface area contributed by atoms with Crippen LogP contribution in [0, 0.1) is 6.92 Å². The average Bonchev–Trinajstić information content (AvgIpc) is 2.42. The van der Waals surface area contributed by atoms with Crippen LogP contribution in [0.25, 0.3) is 0 Å². The van der Waals surface area contributed by atoms with Gasteiger partial charge in [0.05, 0.1) is 23.8 Å². The molecular formula is C12H14N2O4S. The summed E-state index contributed by atoms with van der Waals surface area (Å²) >= 11 is 0. The van der Waals surface area contributed by atoms with Gasteiger partial charge in [-0.15, -0.1) is 0 Å². The Bertz CT molecular complexity index is 615. The Morgan fingerprint density at radius 3 is 2.63 bits per heavy atom. The molecule has 0 aromatic heterocycles. The molecule has 6 nitrogen and oxygen atoms in total. The second-order valence-electron chi connectivity index (χ2n) is 4.17. The van der Waals surface area contributed by atoms with Crippen molar-refractivity contribution in [1.82, 2.24) is 4.31 Å². The molecular weight excluding hydrogens is 268 g/mol. The third-order valence-electron chi connectivity index (χ3n) is 2.93. The molecule has 7 heteroatoms. The summed E-state index contributed by atoms with van der Waals surface area (Å²) in [5, 5.41) is 0. The molecule has 1 saturated heterocycles. The van der Waals surface area contributed by atoms with E-state index in [2.05, 4.69) is 4.99 Å². The molecule has 1 aromatic rings. The van der Waals surface area contributed by atoms with E-state index in [1.807, 2.05) is 0 Å². The van der Waals surface area contributed by atoms with Crippen LogP contribution in [0.15, 0.2) is 28.1 Å². The predicted octanol–water partition coefficient (Wildman–Crippen LogP) is 0.983. The third kappa shape index (κ3) is 2.90. The van der Waals surface area contributed by atoms with Crippen LogP contribution in [-0.2, 0) is 19.6 Å². The summed E-state index contributed by atoms with van der Waals surface area (Å²) in [6.07, 6.45) is 1.41. The number of isocyanates is 1. The average molecular weight is 282 g/mol. The first-order chi connectivity index (χ1) is 9.05. The molecule has 1 aliphatic rings. The molecule has 1 fully saturated rings. The molecule has 0 spiro atoms. The second-order valence-corrected chi connectivity index (χ2v) is 6.08. The van der Waals surface area contributed by atoms with E-state index in [0.717, 1.165) is 0 Å². The largest absolute Gasteiger partial charge is 0.379 e. The number of aryl methyl sites for hydroxylation is 1. The van der Waals surface area contributed by atoms with Crippen molar-refractivity contribution >= 4 is 21.8 Å². The number of nitrogens with zero attached hydrogens (tertiary/aromatic N) is 2. The first-order valence-corrected chi connectivity index (χ1v) is 7.26. The third-order valence-corrected chi connectivity index (χ3v) is 4.97. The van der Waals surface area contributed by atoms with Crippen LogP contribution >= 0.6 is 0 Å². The highest BCUT2D eigenvalue weighted by Crippen LogP contribution is 2.25. The molecule has 1 aliphatic heterocycles. The Hall–Kier alpha value is -1.53. The van der Waals surface area contributed by atoms with Crippen LogP contribution in [0.4, 0.5) is 5.69 Å². The van der Waals surface area contributed by atoms with E-state index in [0.29, 0.717) is 31.9 Å². The van der Waals surface area contributed by atoms with Crippen molar-refractivity contribution in [3.8, 4) is 0 Å². The highest BCUT2D eigenvalue weighted by Gasteiger charge is 2.27. The molecule has 0 N–H and O–H groups in total. The number of sulfonamides is 1. The number of ether oxygens (including phenoxy) is 1. The number of morpholine rings is 1. The lowest BCUT2D eigenvalue weighted by Crippen LogP contribution is -2.40. The fourth-order valence-corrected chi connectivity index (χ4v) is 3.57. The SMILES string of the molecule is Cc1ccc(N=C=O)cc1S(=O)(=O)N1CCOCC1. The van der Waals surface area contributed by atoms with Crippen molar-refractivity contribution in [3.05, 3.63) is 23.8 Å². The summed E-state index contributed by atoms with van der Waals surface area (Å²) < 4.78 is 31.5. The maximum absolute atomic E-state index is 12.5. The van der Waals surface area contributed by atoms with E-state index in [-0.39, 0.29) is 10.6 Å². The van der Waals surface area contributed by atoms with Crippen molar-refractivity contribution < 1.29 is 17.9 Å². The first-order valence-electron chi connectivity index (χ1n) is 5.82. The Morgan fingerprint density at radius 2 is 2.00 bits per heavy atom. The maximum Gasteiger partial charge on any atom is 0.243 e. The molecule has 19 heavy (non-hydrogen) atoms. The van der Waals surface area contributed by atoms with Crippen molar-refractivity contribution in [2.75, 3.05) is 26.3 Å². The number of aliphatic imine (C=N–C) groups is 1. The molecule has 0 unspecified atom stereocenters. The zero-order valence-electron chi connectivity index (χ0n) is 10.5. The monoisotopic (exact) mass is 282 g/mol. The van der Waals surface area contributed by atoms with Gasteiger partial charge in [-0.05, 0) is 24.6 Å². The lowest BCUT2D eigenvalue weighted by molar-refractivity contribution is 0.0730. The standard InChI is InChI=1S/C12H14N2O4S/c1-10-2-3-11(13-9-15)8-12(10)19(16,17)14-4-6-18-7-5-14/h2-3,8H,4-7H2,1H3. The van der Waals surface area contributed by atoms with Gasteiger partial charge in [-0.25, -0.2) is 13.2 Å². The van der Waals surface area contributed by atoms with E-state index in [9.17, 15) is 13.2 Å². The summed E-state index contributed by atoms with van der Waals surface area (Å²) in [7, 11) is -3.57. The predicted molar refractivity (Wildman–Crippen MR) is 68.5 cm³/mol. The maximum atomic E-state index is 12.5. The Morgan fingerprint density at radius 1 is 1.32 bits per heavy atom. The molecule has 0 amide bonds. The van der Waals surface area contributed by atoms with Gasteiger partial charge in [-0.1, -0.05) is 6.07 Å². The van der Waals surface area contributed by atoms with Crippen molar-refractivity contribution in [2.45, 2.75) is 11.8 Å². The summed E-state index contributed by atoms with van der Waals surface area (Å²) in [6.45, 7) is 3.17. The van der Waals surface area contributed by atoms with Crippen molar-refractivity contribution in [1.29, 1.82) is 0 Å². The molecule has 2 rings (SSSR count). The second kappa shape index (κ2) is 5.63.